The minimum Gasteiger partial charge on any atom is -0.466 e. The van der Waals surface area contributed by atoms with Crippen LogP contribution in [0.15, 0.2) is 11.5 Å². The number of carbonyl (C=O) groups excluding carboxylic acids is 1. The van der Waals surface area contributed by atoms with Gasteiger partial charge in [0.1, 0.15) is 0 Å². The van der Waals surface area contributed by atoms with Crippen LogP contribution in [0, 0.1) is 11.3 Å². The van der Waals surface area contributed by atoms with E-state index in [2.05, 4.69) is 4.74 Å². The second-order valence-corrected chi connectivity index (χ2v) is 4.88. The van der Waals surface area contributed by atoms with E-state index in [1.807, 2.05) is 0 Å². The quantitative estimate of drug-likeness (QED) is 0.470. The van der Waals surface area contributed by atoms with E-state index in [4.69, 9.17) is 17.6 Å². The highest BCUT2D eigenvalue weighted by atomic mass is 32.2. The van der Waals surface area contributed by atoms with E-state index < -0.39 is 0 Å². The van der Waals surface area contributed by atoms with Crippen molar-refractivity contribution in [1.82, 2.24) is 0 Å². The van der Waals surface area contributed by atoms with Crippen LogP contribution in [-0.2, 0) is 9.53 Å². The van der Waals surface area contributed by atoms with E-state index in [1.54, 1.807) is 5.41 Å². The first-order valence-electron chi connectivity index (χ1n) is 4.67. The van der Waals surface area contributed by atoms with Gasteiger partial charge < -0.3 is 10.1 Å². The molecule has 1 rings (SSSR count). The summed E-state index contributed by atoms with van der Waals surface area (Å²) in [7, 11) is 1.34. The van der Waals surface area contributed by atoms with Crippen LogP contribution >= 0.6 is 24.0 Å². The predicted molar refractivity (Wildman–Crippen MR) is 66.4 cm³/mol. The maximum atomic E-state index is 10.8. The Labute approximate surface area is 98.8 Å². The van der Waals surface area contributed by atoms with E-state index in [0.717, 1.165) is 29.2 Å². The highest BCUT2D eigenvalue weighted by Gasteiger charge is 2.24. The predicted octanol–water partition coefficient (Wildman–Crippen LogP) is 2.55. The molecule has 1 fully saturated rings. The highest BCUT2D eigenvalue weighted by Crippen LogP contribution is 2.28. The van der Waals surface area contributed by atoms with Gasteiger partial charge in [-0.2, -0.15) is 0 Å². The molecule has 0 amide bonds. The van der Waals surface area contributed by atoms with Crippen LogP contribution in [0.3, 0.4) is 0 Å². The van der Waals surface area contributed by atoms with Gasteiger partial charge in [0.05, 0.1) is 11.3 Å². The van der Waals surface area contributed by atoms with Crippen LogP contribution in [0.1, 0.15) is 19.3 Å². The lowest BCUT2D eigenvalue weighted by Crippen LogP contribution is -2.12. The van der Waals surface area contributed by atoms with Crippen LogP contribution in [0.4, 0.5) is 0 Å². The molecule has 1 aliphatic carbocycles. The molecule has 82 valence electrons. The Balaban J connectivity index is 2.39. The molecule has 0 bridgehead atoms. The molecule has 0 spiro atoms. The Morgan fingerprint density at radius 1 is 1.73 bits per heavy atom. The van der Waals surface area contributed by atoms with Gasteiger partial charge in [0.2, 0.25) is 0 Å². The monoisotopic (exact) mass is 243 g/mol. The van der Waals surface area contributed by atoms with Gasteiger partial charge in [-0.1, -0.05) is 24.0 Å². The van der Waals surface area contributed by atoms with Crippen LogP contribution in [-0.4, -0.2) is 23.0 Å². The van der Waals surface area contributed by atoms with Gasteiger partial charge in [0.25, 0.3) is 0 Å². The largest absolute Gasteiger partial charge is 0.466 e. The lowest BCUT2D eigenvalue weighted by molar-refractivity contribution is -0.134. The number of hydrogen-bond donors (Lipinski definition) is 1. The zero-order chi connectivity index (χ0) is 11.3. The van der Waals surface area contributed by atoms with Crippen molar-refractivity contribution in [2.24, 2.45) is 5.92 Å². The third-order valence-electron chi connectivity index (χ3n) is 2.23. The van der Waals surface area contributed by atoms with Gasteiger partial charge in [0, 0.05) is 17.7 Å². The molecule has 0 saturated heterocycles. The standard InChI is InChI=1S/C10H13NO2S2/c1-13-9(12)5-6-15-10(14)7-3-2-4-8(7)11/h5-7,11H,2-4H2,1H3/b6-5-,11-8?. The van der Waals surface area contributed by atoms with E-state index in [9.17, 15) is 4.79 Å². The van der Waals surface area contributed by atoms with Gasteiger partial charge in [-0.3, -0.25) is 0 Å². The summed E-state index contributed by atoms with van der Waals surface area (Å²) in [6.45, 7) is 0. The second-order valence-electron chi connectivity index (χ2n) is 3.23. The molecule has 0 aromatic rings. The number of rotatable bonds is 3. The number of hydrogen-bond acceptors (Lipinski definition) is 5. The zero-order valence-corrected chi connectivity index (χ0v) is 10.1. The molecular weight excluding hydrogens is 230 g/mol. The Bertz CT molecular complexity index is 313. The Hall–Kier alpha value is -0.680. The lowest BCUT2D eigenvalue weighted by Gasteiger charge is -2.08. The number of carbonyl (C=O) groups is 1. The van der Waals surface area contributed by atoms with Gasteiger partial charge in [-0.15, -0.1) is 0 Å². The molecular formula is C10H13NO2S2. The number of esters is 1. The Kier molecular flexibility index (Phi) is 4.98. The number of nitrogens with one attached hydrogen (secondary N) is 1. The number of methoxy groups -OCH3 is 1. The molecule has 3 nitrogen and oxygen atoms in total. The van der Waals surface area contributed by atoms with E-state index in [0.29, 0.717) is 0 Å². The summed E-state index contributed by atoms with van der Waals surface area (Å²) in [5.74, 6) is -0.265. The summed E-state index contributed by atoms with van der Waals surface area (Å²) in [6, 6.07) is 0. The highest BCUT2D eigenvalue weighted by molar-refractivity contribution is 8.25. The van der Waals surface area contributed by atoms with Crippen molar-refractivity contribution >= 4 is 39.9 Å². The Morgan fingerprint density at radius 3 is 3.00 bits per heavy atom. The van der Waals surface area contributed by atoms with E-state index >= 15 is 0 Å². The van der Waals surface area contributed by atoms with Crippen LogP contribution < -0.4 is 0 Å². The summed E-state index contributed by atoms with van der Waals surface area (Å²) in [5, 5.41) is 9.30. The van der Waals surface area contributed by atoms with Crippen LogP contribution in [0.2, 0.25) is 0 Å². The van der Waals surface area contributed by atoms with Gasteiger partial charge in [0.15, 0.2) is 0 Å². The molecule has 0 radical (unpaired) electrons. The summed E-state index contributed by atoms with van der Waals surface area (Å²) in [4.78, 5) is 10.8. The fraction of sp³-hybridized carbons (Fsp3) is 0.500. The lowest BCUT2D eigenvalue weighted by atomic mass is 10.1. The van der Waals surface area contributed by atoms with Crippen molar-refractivity contribution in [1.29, 1.82) is 5.41 Å². The number of thioether (sulfide) groups is 1. The number of thiocarbonyl (C=S) groups is 1. The molecule has 5 heteroatoms. The molecule has 0 aliphatic heterocycles. The average Bonchev–Trinajstić information content (AvgIpc) is 2.64. The first kappa shape index (κ1) is 12.4. The average molecular weight is 243 g/mol. The van der Waals surface area contributed by atoms with Crippen molar-refractivity contribution < 1.29 is 9.53 Å². The summed E-state index contributed by atoms with van der Waals surface area (Å²) in [6.07, 6.45) is 4.21. The third kappa shape index (κ3) is 3.76. The molecule has 1 aliphatic rings. The molecule has 1 saturated carbocycles. The van der Waals surface area contributed by atoms with Crippen molar-refractivity contribution in [2.45, 2.75) is 19.3 Å². The first-order chi connectivity index (χ1) is 7.15. The summed E-state index contributed by atoms with van der Waals surface area (Å²) >= 11 is 6.53. The SMILES string of the molecule is COC(=O)/C=C\SC(=S)C1CCCC1=N. The minimum atomic E-state index is -0.383. The zero-order valence-electron chi connectivity index (χ0n) is 8.49. The molecule has 15 heavy (non-hydrogen) atoms. The van der Waals surface area contributed by atoms with Crippen molar-refractivity contribution in [3.63, 3.8) is 0 Å². The molecule has 0 aromatic heterocycles. The number of ether oxygens (including phenoxy) is 1. The van der Waals surface area contributed by atoms with E-state index in [1.165, 1.54) is 24.9 Å². The van der Waals surface area contributed by atoms with Crippen LogP contribution in [0.5, 0.6) is 0 Å². The summed E-state index contributed by atoms with van der Waals surface area (Å²) < 4.78 is 5.23. The van der Waals surface area contributed by atoms with Gasteiger partial charge >= 0.3 is 5.97 Å². The molecule has 1 N–H and O–H groups in total. The maximum absolute atomic E-state index is 10.8. The van der Waals surface area contributed by atoms with Gasteiger partial charge in [-0.05, 0) is 24.7 Å². The fourth-order valence-corrected chi connectivity index (χ4v) is 2.58. The fourth-order valence-electron chi connectivity index (χ4n) is 1.41. The topological polar surface area (TPSA) is 50.2 Å². The van der Waals surface area contributed by atoms with Crippen molar-refractivity contribution in [3.05, 3.63) is 11.5 Å². The van der Waals surface area contributed by atoms with Crippen molar-refractivity contribution in [3.8, 4) is 0 Å². The van der Waals surface area contributed by atoms with E-state index in [-0.39, 0.29) is 11.9 Å². The maximum Gasteiger partial charge on any atom is 0.330 e. The van der Waals surface area contributed by atoms with Gasteiger partial charge in [-0.25, -0.2) is 4.79 Å². The Morgan fingerprint density at radius 2 is 2.47 bits per heavy atom. The first-order valence-corrected chi connectivity index (χ1v) is 5.96. The molecule has 1 unspecified atom stereocenters. The molecule has 0 heterocycles. The molecule has 1 atom stereocenters. The summed E-state index contributed by atoms with van der Waals surface area (Å²) in [5.41, 5.74) is 0.721. The minimum absolute atomic E-state index is 0.118. The molecule has 0 aromatic carbocycles. The van der Waals surface area contributed by atoms with Crippen LogP contribution in [0.25, 0.3) is 0 Å². The second kappa shape index (κ2) is 6.02. The van der Waals surface area contributed by atoms with Crippen molar-refractivity contribution in [2.75, 3.05) is 7.11 Å². The smallest absolute Gasteiger partial charge is 0.330 e. The normalized spacial score (nSPS) is 20.9. The third-order valence-corrected chi connectivity index (χ3v) is 3.60.